The number of anilines is 1. The van der Waals surface area contributed by atoms with E-state index in [1.807, 2.05) is 25.1 Å². The smallest absolute Gasteiger partial charge is 0.356 e. The van der Waals surface area contributed by atoms with Crippen LogP contribution in [0.4, 0.5) is 5.82 Å². The molecule has 0 unspecified atom stereocenters. The van der Waals surface area contributed by atoms with E-state index in [4.69, 9.17) is 9.72 Å². The number of aromatic nitrogens is 4. The van der Waals surface area contributed by atoms with Crippen molar-refractivity contribution >= 4 is 22.8 Å². The molecule has 0 spiro atoms. The number of hydrogen-bond donors (Lipinski definition) is 2. The first-order chi connectivity index (χ1) is 12.3. The number of nitrogens with zero attached hydrogens (tertiary/aromatic N) is 3. The molecule has 2 N–H and O–H groups in total. The number of hydrogen-bond acceptors (Lipinski definition) is 6. The maximum Gasteiger partial charge on any atom is 0.356 e. The van der Waals surface area contributed by atoms with Crippen LogP contribution in [0.3, 0.4) is 0 Å². The van der Waals surface area contributed by atoms with E-state index in [2.05, 4.69) is 41.3 Å². The van der Waals surface area contributed by atoms with E-state index in [9.17, 15) is 4.79 Å². The Morgan fingerprint density at radius 2 is 2.04 bits per heavy atom. The van der Waals surface area contributed by atoms with Gasteiger partial charge in [-0.2, -0.15) is 5.10 Å². The lowest BCUT2D eigenvalue weighted by atomic mass is 10.1. The van der Waals surface area contributed by atoms with Gasteiger partial charge in [-0.15, -0.1) is 0 Å². The lowest BCUT2D eigenvalue weighted by molar-refractivity contribution is 0.0519. The van der Waals surface area contributed by atoms with Crippen LogP contribution in [0.1, 0.15) is 43.9 Å². The number of esters is 1. The number of benzene rings is 1. The van der Waals surface area contributed by atoms with Crippen molar-refractivity contribution in [1.29, 1.82) is 0 Å². The zero-order chi connectivity index (χ0) is 18.9. The van der Waals surface area contributed by atoms with E-state index in [0.717, 1.165) is 28.1 Å². The Morgan fingerprint density at radius 1 is 1.27 bits per heavy atom. The number of ether oxygens (including phenoxy) is 1. The fraction of sp³-hybridized carbons (Fsp3) is 0.368. The highest BCUT2D eigenvalue weighted by Gasteiger charge is 2.17. The fourth-order valence-electron chi connectivity index (χ4n) is 2.62. The maximum atomic E-state index is 11.9. The molecule has 0 atom stereocenters. The van der Waals surface area contributed by atoms with Crippen LogP contribution in [-0.4, -0.2) is 38.3 Å². The van der Waals surface area contributed by atoms with E-state index >= 15 is 0 Å². The molecule has 0 saturated carbocycles. The van der Waals surface area contributed by atoms with Crippen molar-refractivity contribution in [3.63, 3.8) is 0 Å². The Kier molecular flexibility index (Phi) is 4.63. The molecule has 26 heavy (non-hydrogen) atoms. The molecule has 7 heteroatoms. The van der Waals surface area contributed by atoms with E-state index in [0.29, 0.717) is 18.0 Å². The summed E-state index contributed by atoms with van der Waals surface area (Å²) in [4.78, 5) is 21.3. The summed E-state index contributed by atoms with van der Waals surface area (Å²) >= 11 is 0. The van der Waals surface area contributed by atoms with Crippen molar-refractivity contribution in [3.05, 3.63) is 35.7 Å². The number of rotatable bonds is 4. The summed E-state index contributed by atoms with van der Waals surface area (Å²) < 4.78 is 5.01. The topological polar surface area (TPSA) is 92.8 Å². The molecule has 0 aliphatic heterocycles. The summed E-state index contributed by atoms with van der Waals surface area (Å²) in [6.07, 6.45) is 0. The van der Waals surface area contributed by atoms with E-state index in [-0.39, 0.29) is 5.54 Å². The molecular weight excluding hydrogens is 330 g/mol. The first-order valence-corrected chi connectivity index (χ1v) is 8.57. The normalized spacial score (nSPS) is 11.6. The molecule has 0 radical (unpaired) electrons. The van der Waals surface area contributed by atoms with Crippen molar-refractivity contribution in [2.75, 3.05) is 11.9 Å². The molecule has 0 amide bonds. The summed E-state index contributed by atoms with van der Waals surface area (Å²) in [6, 6.07) is 7.41. The first kappa shape index (κ1) is 17.8. The Morgan fingerprint density at radius 3 is 2.73 bits per heavy atom. The number of fused-ring (bicyclic) bond motifs is 1. The summed E-state index contributed by atoms with van der Waals surface area (Å²) in [5.41, 5.74) is 3.95. The highest BCUT2D eigenvalue weighted by Crippen LogP contribution is 2.28. The van der Waals surface area contributed by atoms with Crippen molar-refractivity contribution < 1.29 is 9.53 Å². The van der Waals surface area contributed by atoms with Crippen LogP contribution in [0.25, 0.3) is 22.3 Å². The van der Waals surface area contributed by atoms with Gasteiger partial charge in [0.1, 0.15) is 17.0 Å². The molecule has 7 nitrogen and oxygen atoms in total. The van der Waals surface area contributed by atoms with E-state index in [1.54, 1.807) is 13.0 Å². The Hall–Kier alpha value is -2.96. The molecule has 136 valence electrons. The van der Waals surface area contributed by atoms with Crippen LogP contribution >= 0.6 is 0 Å². The number of aryl methyl sites for hydroxylation is 1. The molecule has 2 heterocycles. The summed E-state index contributed by atoms with van der Waals surface area (Å²) in [5, 5.41) is 10.4. The molecule has 3 rings (SSSR count). The van der Waals surface area contributed by atoms with Gasteiger partial charge < -0.3 is 10.1 Å². The Labute approximate surface area is 152 Å². The van der Waals surface area contributed by atoms with Crippen molar-refractivity contribution in [3.8, 4) is 11.3 Å². The minimum Gasteiger partial charge on any atom is -0.461 e. The molecule has 0 fully saturated rings. The van der Waals surface area contributed by atoms with Gasteiger partial charge in [-0.3, -0.25) is 5.10 Å². The van der Waals surface area contributed by atoms with E-state index < -0.39 is 5.97 Å². The average Bonchev–Trinajstić information content (AvgIpc) is 3.04. The van der Waals surface area contributed by atoms with Gasteiger partial charge in [0.2, 0.25) is 0 Å². The van der Waals surface area contributed by atoms with Gasteiger partial charge >= 0.3 is 5.97 Å². The van der Waals surface area contributed by atoms with Gasteiger partial charge in [0.25, 0.3) is 0 Å². The largest absolute Gasteiger partial charge is 0.461 e. The average molecular weight is 353 g/mol. The Bertz CT molecular complexity index is 956. The standard InChI is InChI=1S/C19H23N5O2/c1-6-26-18(25)15-10-14(23-24-15)12-8-7-9-13-16(12)21-17(11(2)20-13)22-19(3,4)5/h7-10H,6H2,1-5H3,(H,21,22)(H,23,24). The first-order valence-electron chi connectivity index (χ1n) is 8.57. The fourth-order valence-corrected chi connectivity index (χ4v) is 2.62. The molecule has 0 aliphatic rings. The van der Waals surface area contributed by atoms with Crippen molar-refractivity contribution in [2.24, 2.45) is 0 Å². The summed E-state index contributed by atoms with van der Waals surface area (Å²) in [7, 11) is 0. The predicted octanol–water partition coefficient (Wildman–Crippen LogP) is 3.72. The quantitative estimate of drug-likeness (QED) is 0.695. The number of aromatic amines is 1. The number of H-pyrrole nitrogens is 1. The van der Waals surface area contributed by atoms with Gasteiger partial charge in [-0.25, -0.2) is 14.8 Å². The van der Waals surface area contributed by atoms with Crippen molar-refractivity contribution in [1.82, 2.24) is 20.2 Å². The second-order valence-electron chi connectivity index (χ2n) is 7.09. The molecule has 0 bridgehead atoms. The van der Waals surface area contributed by atoms with Gasteiger partial charge in [0, 0.05) is 11.1 Å². The maximum absolute atomic E-state index is 11.9. The second-order valence-corrected chi connectivity index (χ2v) is 7.09. The molecule has 0 aliphatic carbocycles. The molecule has 1 aromatic carbocycles. The number of nitrogens with one attached hydrogen (secondary N) is 2. The number of carbonyl (C=O) groups is 1. The van der Waals surface area contributed by atoms with Crippen LogP contribution in [0, 0.1) is 6.92 Å². The highest BCUT2D eigenvalue weighted by molar-refractivity contribution is 5.94. The number of carbonyl (C=O) groups excluding carboxylic acids is 1. The van der Waals surface area contributed by atoms with Gasteiger partial charge in [0.15, 0.2) is 0 Å². The third kappa shape index (κ3) is 3.66. The molecular formula is C19H23N5O2. The molecule has 3 aromatic rings. The highest BCUT2D eigenvalue weighted by atomic mass is 16.5. The van der Waals surface area contributed by atoms with Crippen LogP contribution < -0.4 is 5.32 Å². The summed E-state index contributed by atoms with van der Waals surface area (Å²) in [5.74, 6) is 0.308. The zero-order valence-corrected chi connectivity index (χ0v) is 15.7. The second kappa shape index (κ2) is 6.74. The van der Waals surface area contributed by atoms with Crippen LogP contribution in [-0.2, 0) is 4.74 Å². The van der Waals surface area contributed by atoms with Gasteiger partial charge in [-0.1, -0.05) is 12.1 Å². The van der Waals surface area contributed by atoms with Gasteiger partial charge in [0.05, 0.1) is 23.5 Å². The lowest BCUT2D eigenvalue weighted by Crippen LogP contribution is -2.27. The zero-order valence-electron chi connectivity index (χ0n) is 15.7. The number of para-hydroxylation sites is 1. The van der Waals surface area contributed by atoms with Crippen LogP contribution in [0.15, 0.2) is 24.3 Å². The SMILES string of the molecule is CCOC(=O)c1cc(-c2cccc3nc(C)c(NC(C)(C)C)nc23)n[nH]1. The van der Waals surface area contributed by atoms with Gasteiger partial charge in [-0.05, 0) is 46.8 Å². The molecule has 2 aromatic heterocycles. The van der Waals surface area contributed by atoms with E-state index in [1.165, 1.54) is 0 Å². The van der Waals surface area contributed by atoms with Crippen LogP contribution in [0.2, 0.25) is 0 Å². The lowest BCUT2D eigenvalue weighted by Gasteiger charge is -2.22. The van der Waals surface area contributed by atoms with Crippen molar-refractivity contribution in [2.45, 2.75) is 40.2 Å². The molecule has 0 saturated heterocycles. The predicted molar refractivity (Wildman–Crippen MR) is 101 cm³/mol. The van der Waals surface area contributed by atoms with Crippen LogP contribution in [0.5, 0.6) is 0 Å². The third-order valence-electron chi connectivity index (χ3n) is 3.71. The minimum absolute atomic E-state index is 0.133. The third-order valence-corrected chi connectivity index (χ3v) is 3.71. The Balaban J connectivity index is 2.09. The summed E-state index contributed by atoms with van der Waals surface area (Å²) in [6.45, 7) is 10.2. The monoisotopic (exact) mass is 353 g/mol. The minimum atomic E-state index is -0.427.